The lowest BCUT2D eigenvalue weighted by Gasteiger charge is -2.19. The zero-order valence-electron chi connectivity index (χ0n) is 18.8. The highest BCUT2D eigenvalue weighted by atomic mass is 19.1. The molecular formula is C22H22FN5O7. The van der Waals surface area contributed by atoms with Crippen LogP contribution in [0.2, 0.25) is 0 Å². The van der Waals surface area contributed by atoms with Gasteiger partial charge in [0.1, 0.15) is 17.9 Å². The van der Waals surface area contributed by atoms with E-state index in [1.807, 2.05) is 0 Å². The van der Waals surface area contributed by atoms with Gasteiger partial charge >= 0.3 is 17.6 Å². The maximum absolute atomic E-state index is 15.3. The Labute approximate surface area is 197 Å². The summed E-state index contributed by atoms with van der Waals surface area (Å²) in [6.45, 7) is 1.15. The van der Waals surface area contributed by atoms with E-state index in [1.54, 1.807) is 24.3 Å². The number of nitrogens with two attached hydrogens (primary N) is 1. The molecule has 1 aromatic carbocycles. The normalized spacial score (nSPS) is 21.7. The Bertz CT molecular complexity index is 1340. The number of aldehydes is 1. The number of fused-ring (bicyclic) bond motifs is 1. The molecule has 13 heteroatoms. The first kappa shape index (κ1) is 24.0. The number of imidazole rings is 1. The van der Waals surface area contributed by atoms with Gasteiger partial charge in [-0.05, 0) is 5.56 Å². The Morgan fingerprint density at radius 3 is 2.63 bits per heavy atom. The molecule has 1 fully saturated rings. The molecule has 0 bridgehead atoms. The van der Waals surface area contributed by atoms with Crippen molar-refractivity contribution < 1.29 is 33.0 Å². The van der Waals surface area contributed by atoms with Gasteiger partial charge in [-0.3, -0.25) is 19.0 Å². The number of aromatic nitrogens is 4. The number of carbonyl (C=O) groups excluding carboxylic acids is 3. The summed E-state index contributed by atoms with van der Waals surface area (Å²) < 4.78 is 33.1. The first-order valence-electron chi connectivity index (χ1n) is 10.5. The summed E-state index contributed by atoms with van der Waals surface area (Å²) in [5.41, 5.74) is 6.53. The number of carbonyl (C=O) groups is 3. The summed E-state index contributed by atoms with van der Waals surface area (Å²) >= 11 is 0. The van der Waals surface area contributed by atoms with E-state index < -0.39 is 48.7 Å². The van der Waals surface area contributed by atoms with Gasteiger partial charge in [-0.15, -0.1) is 0 Å². The van der Waals surface area contributed by atoms with Gasteiger partial charge in [0, 0.05) is 12.5 Å². The van der Waals surface area contributed by atoms with Crippen LogP contribution in [0.1, 0.15) is 35.5 Å². The van der Waals surface area contributed by atoms with Crippen LogP contribution in [0.25, 0.3) is 11.2 Å². The molecule has 0 saturated carbocycles. The van der Waals surface area contributed by atoms with Gasteiger partial charge in [-0.1, -0.05) is 24.3 Å². The summed E-state index contributed by atoms with van der Waals surface area (Å²) in [5.74, 6) is -1.69. The van der Waals surface area contributed by atoms with Crippen molar-refractivity contribution >= 4 is 35.3 Å². The molecule has 4 atom stereocenters. The Morgan fingerprint density at radius 2 is 2.00 bits per heavy atom. The molecular weight excluding hydrogens is 465 g/mol. The van der Waals surface area contributed by atoms with Crippen molar-refractivity contribution in [1.82, 2.24) is 19.1 Å². The predicted molar refractivity (Wildman–Crippen MR) is 118 cm³/mol. The second-order valence-electron chi connectivity index (χ2n) is 7.90. The topological polar surface area (TPSA) is 158 Å². The molecule has 3 heterocycles. The molecule has 2 aromatic heterocycles. The molecule has 0 unspecified atom stereocenters. The largest absolute Gasteiger partial charge is 0.469 e. The molecule has 2 N–H and O–H groups in total. The Kier molecular flexibility index (Phi) is 6.60. The zero-order valence-corrected chi connectivity index (χ0v) is 18.8. The van der Waals surface area contributed by atoms with Crippen LogP contribution < -0.4 is 11.4 Å². The fraction of sp³-hybridized carbons (Fsp3) is 0.364. The van der Waals surface area contributed by atoms with Crippen LogP contribution in [0, 0.1) is 0 Å². The van der Waals surface area contributed by atoms with Crippen LogP contribution in [0.3, 0.4) is 0 Å². The van der Waals surface area contributed by atoms with Gasteiger partial charge in [0.2, 0.25) is 5.95 Å². The number of hydrogen-bond donors (Lipinski definition) is 1. The van der Waals surface area contributed by atoms with Crippen molar-refractivity contribution in [2.24, 2.45) is 0 Å². The second kappa shape index (κ2) is 9.62. The quantitative estimate of drug-likeness (QED) is 0.373. The van der Waals surface area contributed by atoms with Crippen molar-refractivity contribution in [2.75, 3.05) is 12.8 Å². The Morgan fingerprint density at radius 1 is 1.29 bits per heavy atom. The minimum Gasteiger partial charge on any atom is -0.469 e. The number of nitrogens with zero attached hydrogens (tertiary/aromatic N) is 4. The van der Waals surface area contributed by atoms with E-state index in [1.165, 1.54) is 10.8 Å². The SMILES string of the molecule is COC(=O)C[C@H]1O[C@@H](n2c(=O)n(Cc3ccc(C=O)cc3)c3cnc(N)nc32)[C@H](OC(C)=O)[C@@H]1F. The maximum Gasteiger partial charge on any atom is 0.332 e. The van der Waals surface area contributed by atoms with E-state index in [-0.39, 0.29) is 23.7 Å². The molecule has 0 aliphatic carbocycles. The summed E-state index contributed by atoms with van der Waals surface area (Å²) in [5, 5.41) is 0. The molecule has 184 valence electrons. The summed E-state index contributed by atoms with van der Waals surface area (Å²) in [6, 6.07) is 6.55. The summed E-state index contributed by atoms with van der Waals surface area (Å²) in [4.78, 5) is 56.1. The number of alkyl halides is 1. The fourth-order valence-corrected chi connectivity index (χ4v) is 3.97. The molecule has 0 amide bonds. The van der Waals surface area contributed by atoms with Crippen molar-refractivity contribution in [3.63, 3.8) is 0 Å². The van der Waals surface area contributed by atoms with E-state index in [9.17, 15) is 19.2 Å². The molecule has 1 saturated heterocycles. The fourth-order valence-electron chi connectivity index (χ4n) is 3.97. The average Bonchev–Trinajstić information content (AvgIpc) is 3.26. The minimum atomic E-state index is -1.93. The van der Waals surface area contributed by atoms with Gasteiger partial charge in [-0.2, -0.15) is 4.98 Å². The number of nitrogen functional groups attached to an aromatic ring is 1. The van der Waals surface area contributed by atoms with Gasteiger partial charge in [-0.25, -0.2) is 18.7 Å². The lowest BCUT2D eigenvalue weighted by molar-refractivity contribution is -0.154. The zero-order chi connectivity index (χ0) is 25.3. The average molecular weight is 487 g/mol. The highest BCUT2D eigenvalue weighted by Gasteiger charge is 2.50. The van der Waals surface area contributed by atoms with Crippen LogP contribution in [0.4, 0.5) is 10.3 Å². The van der Waals surface area contributed by atoms with Crippen LogP contribution >= 0.6 is 0 Å². The van der Waals surface area contributed by atoms with Gasteiger partial charge in [0.15, 0.2) is 24.2 Å². The van der Waals surface area contributed by atoms with E-state index in [4.69, 9.17) is 15.2 Å². The number of benzene rings is 1. The third-order valence-electron chi connectivity index (χ3n) is 5.60. The molecule has 35 heavy (non-hydrogen) atoms. The molecule has 1 aliphatic rings. The van der Waals surface area contributed by atoms with E-state index in [2.05, 4.69) is 14.7 Å². The molecule has 3 aromatic rings. The smallest absolute Gasteiger partial charge is 0.332 e. The second-order valence-corrected chi connectivity index (χ2v) is 7.90. The number of methoxy groups -OCH3 is 1. The van der Waals surface area contributed by atoms with Crippen LogP contribution in [0.15, 0.2) is 35.3 Å². The number of halogens is 1. The molecule has 12 nitrogen and oxygen atoms in total. The van der Waals surface area contributed by atoms with Gasteiger partial charge < -0.3 is 19.9 Å². The van der Waals surface area contributed by atoms with Crippen molar-refractivity contribution in [1.29, 1.82) is 0 Å². The molecule has 4 rings (SSSR count). The van der Waals surface area contributed by atoms with Gasteiger partial charge in [0.05, 0.1) is 26.3 Å². The Balaban J connectivity index is 1.82. The predicted octanol–water partition coefficient (Wildman–Crippen LogP) is 0.766. The van der Waals surface area contributed by atoms with Crippen LogP contribution in [-0.4, -0.2) is 62.8 Å². The summed E-state index contributed by atoms with van der Waals surface area (Å²) in [7, 11) is 1.14. The minimum absolute atomic E-state index is 0.0279. The molecule has 1 aliphatic heterocycles. The molecule has 0 radical (unpaired) electrons. The third-order valence-corrected chi connectivity index (χ3v) is 5.60. The maximum atomic E-state index is 15.3. The summed E-state index contributed by atoms with van der Waals surface area (Å²) in [6.07, 6.45) is -4.67. The van der Waals surface area contributed by atoms with Gasteiger partial charge in [0.25, 0.3) is 0 Å². The highest BCUT2D eigenvalue weighted by molar-refractivity contribution is 5.75. The number of rotatable bonds is 7. The van der Waals surface area contributed by atoms with E-state index in [0.717, 1.165) is 18.6 Å². The van der Waals surface area contributed by atoms with E-state index in [0.29, 0.717) is 17.4 Å². The highest BCUT2D eigenvalue weighted by Crippen LogP contribution is 2.36. The lowest BCUT2D eigenvalue weighted by atomic mass is 10.1. The number of anilines is 1. The van der Waals surface area contributed by atoms with Crippen molar-refractivity contribution in [3.8, 4) is 0 Å². The van der Waals surface area contributed by atoms with Crippen molar-refractivity contribution in [3.05, 3.63) is 52.1 Å². The van der Waals surface area contributed by atoms with E-state index >= 15 is 4.39 Å². The van der Waals surface area contributed by atoms with Crippen LogP contribution in [-0.2, 0) is 30.3 Å². The molecule has 0 spiro atoms. The monoisotopic (exact) mass is 487 g/mol. The Hall–Kier alpha value is -4.13. The number of hydrogen-bond acceptors (Lipinski definition) is 10. The standard InChI is InChI=1S/C22H22FN5O7/c1-11(30)34-18-17(23)15(7-16(31)33-2)35-20(18)28-19-14(8-25-21(24)26-19)27(22(28)32)9-12-3-5-13(10-29)6-4-12/h3-6,8,10,15,17-18,20H,7,9H2,1-2H3,(H2,24,25,26)/t15-,17-,18-,20-/m1/s1. The first-order valence-corrected chi connectivity index (χ1v) is 10.5. The number of ether oxygens (including phenoxy) is 3. The van der Waals surface area contributed by atoms with Crippen molar-refractivity contribution in [2.45, 2.75) is 44.5 Å². The lowest BCUT2D eigenvalue weighted by Crippen LogP contribution is -2.37. The first-order chi connectivity index (χ1) is 16.7. The number of esters is 2. The third kappa shape index (κ3) is 4.62. The van der Waals surface area contributed by atoms with Crippen LogP contribution in [0.5, 0.6) is 0 Å².